The topological polar surface area (TPSA) is 50.9 Å². The lowest BCUT2D eigenvalue weighted by Crippen LogP contribution is -1.97. The number of aliphatic hydroxyl groups excluding tert-OH is 1. The second kappa shape index (κ2) is 4.23. The Hall–Kier alpha value is -1.68. The first-order valence-electron chi connectivity index (χ1n) is 4.94. The highest BCUT2D eigenvalue weighted by Gasteiger charge is 2.04. The summed E-state index contributed by atoms with van der Waals surface area (Å²) >= 11 is 0. The molecule has 0 spiro atoms. The molecule has 1 heterocycles. The van der Waals surface area contributed by atoms with Crippen LogP contribution in [0.4, 0.5) is 0 Å². The van der Waals surface area contributed by atoms with Crippen molar-refractivity contribution in [3.8, 4) is 5.69 Å². The third-order valence-electron chi connectivity index (χ3n) is 2.35. The number of rotatable bonds is 3. The minimum Gasteiger partial charge on any atom is -0.388 e. The van der Waals surface area contributed by atoms with Crippen molar-refractivity contribution in [1.29, 1.82) is 0 Å². The van der Waals surface area contributed by atoms with Gasteiger partial charge in [0.05, 0.1) is 11.8 Å². The van der Waals surface area contributed by atoms with Crippen molar-refractivity contribution in [2.45, 2.75) is 19.4 Å². The van der Waals surface area contributed by atoms with E-state index in [0.29, 0.717) is 0 Å². The molecule has 1 aromatic heterocycles. The predicted molar refractivity (Wildman–Crippen MR) is 56.6 cm³/mol. The van der Waals surface area contributed by atoms with Gasteiger partial charge in [-0.15, -0.1) is 0 Å². The average Bonchev–Trinajstić information content (AvgIpc) is 2.82. The van der Waals surface area contributed by atoms with E-state index in [1.807, 2.05) is 31.2 Å². The van der Waals surface area contributed by atoms with Crippen LogP contribution < -0.4 is 0 Å². The quantitative estimate of drug-likeness (QED) is 0.826. The number of aliphatic hydroxyl groups is 1. The van der Waals surface area contributed by atoms with Gasteiger partial charge in [-0.1, -0.05) is 19.1 Å². The number of benzene rings is 1. The Balaban J connectivity index is 2.25. The lowest BCUT2D eigenvalue weighted by Gasteiger charge is -2.08. The predicted octanol–water partition coefficient (Wildman–Crippen LogP) is 1.71. The molecule has 0 saturated heterocycles. The van der Waals surface area contributed by atoms with E-state index in [2.05, 4.69) is 10.1 Å². The summed E-state index contributed by atoms with van der Waals surface area (Å²) in [6, 6.07) is 7.65. The summed E-state index contributed by atoms with van der Waals surface area (Å²) < 4.78 is 1.68. The highest BCUT2D eigenvalue weighted by molar-refractivity contribution is 5.34. The monoisotopic (exact) mass is 203 g/mol. The van der Waals surface area contributed by atoms with Gasteiger partial charge in [0, 0.05) is 0 Å². The van der Waals surface area contributed by atoms with E-state index in [1.54, 1.807) is 11.0 Å². The summed E-state index contributed by atoms with van der Waals surface area (Å²) in [7, 11) is 0. The molecule has 2 rings (SSSR count). The molecule has 1 N–H and O–H groups in total. The van der Waals surface area contributed by atoms with Crippen LogP contribution >= 0.6 is 0 Å². The Kier molecular flexibility index (Phi) is 2.78. The van der Waals surface area contributed by atoms with Crippen molar-refractivity contribution >= 4 is 0 Å². The normalized spacial score (nSPS) is 12.7. The van der Waals surface area contributed by atoms with E-state index < -0.39 is 0 Å². The van der Waals surface area contributed by atoms with Crippen LogP contribution in [0.1, 0.15) is 25.0 Å². The van der Waals surface area contributed by atoms with Gasteiger partial charge in [0.2, 0.25) is 0 Å². The van der Waals surface area contributed by atoms with Gasteiger partial charge >= 0.3 is 0 Å². The molecule has 0 aliphatic carbocycles. The van der Waals surface area contributed by atoms with Crippen LogP contribution in [0.15, 0.2) is 36.9 Å². The molecule has 0 radical (unpaired) electrons. The molecule has 0 aliphatic rings. The fourth-order valence-electron chi connectivity index (χ4n) is 1.43. The van der Waals surface area contributed by atoms with Crippen LogP contribution in [0.25, 0.3) is 5.69 Å². The van der Waals surface area contributed by atoms with Gasteiger partial charge in [0.15, 0.2) is 0 Å². The van der Waals surface area contributed by atoms with Gasteiger partial charge in [-0.25, -0.2) is 9.67 Å². The molecule has 78 valence electrons. The van der Waals surface area contributed by atoms with Crippen molar-refractivity contribution in [3.05, 3.63) is 42.5 Å². The standard InChI is InChI=1S/C11H13N3O/c1-2-11(15)9-3-5-10(6-4-9)14-8-12-7-13-14/h3-8,11,15H,2H2,1H3/t11-/m0/s1. The van der Waals surface area contributed by atoms with E-state index in [1.165, 1.54) is 6.33 Å². The average molecular weight is 203 g/mol. The first-order chi connectivity index (χ1) is 7.31. The van der Waals surface area contributed by atoms with Crippen LogP contribution in [0.2, 0.25) is 0 Å². The third kappa shape index (κ3) is 2.05. The van der Waals surface area contributed by atoms with Crippen LogP contribution in [-0.2, 0) is 0 Å². The Morgan fingerprint density at radius 2 is 2.07 bits per heavy atom. The molecule has 1 atom stereocenters. The summed E-state index contributed by atoms with van der Waals surface area (Å²) in [5.74, 6) is 0. The Bertz CT molecular complexity index is 408. The van der Waals surface area contributed by atoms with E-state index in [0.717, 1.165) is 17.7 Å². The zero-order valence-corrected chi connectivity index (χ0v) is 8.54. The molecule has 4 heteroatoms. The van der Waals surface area contributed by atoms with E-state index in [4.69, 9.17) is 0 Å². The van der Waals surface area contributed by atoms with Crippen LogP contribution in [-0.4, -0.2) is 19.9 Å². The zero-order valence-electron chi connectivity index (χ0n) is 8.54. The van der Waals surface area contributed by atoms with Gasteiger partial charge in [-0.05, 0) is 24.1 Å². The number of aromatic nitrogens is 3. The van der Waals surface area contributed by atoms with Gasteiger partial charge < -0.3 is 5.11 Å². The molecular formula is C11H13N3O. The first-order valence-corrected chi connectivity index (χ1v) is 4.94. The van der Waals surface area contributed by atoms with Crippen LogP contribution in [0.3, 0.4) is 0 Å². The molecule has 15 heavy (non-hydrogen) atoms. The number of hydrogen-bond donors (Lipinski definition) is 1. The lowest BCUT2D eigenvalue weighted by atomic mass is 10.1. The minimum atomic E-state index is -0.380. The van der Waals surface area contributed by atoms with E-state index in [9.17, 15) is 5.11 Å². The smallest absolute Gasteiger partial charge is 0.138 e. The Labute approximate surface area is 88.2 Å². The van der Waals surface area contributed by atoms with Crippen molar-refractivity contribution in [2.75, 3.05) is 0 Å². The third-order valence-corrected chi connectivity index (χ3v) is 2.35. The van der Waals surface area contributed by atoms with Crippen molar-refractivity contribution in [1.82, 2.24) is 14.8 Å². The second-order valence-corrected chi connectivity index (χ2v) is 3.36. The summed E-state index contributed by atoms with van der Waals surface area (Å²) in [5.41, 5.74) is 1.88. The number of hydrogen-bond acceptors (Lipinski definition) is 3. The van der Waals surface area contributed by atoms with Crippen LogP contribution in [0.5, 0.6) is 0 Å². The SMILES string of the molecule is CC[C@H](O)c1ccc(-n2cncn2)cc1. The van der Waals surface area contributed by atoms with Gasteiger partial charge in [0.25, 0.3) is 0 Å². The first kappa shape index (κ1) is 9.86. The highest BCUT2D eigenvalue weighted by atomic mass is 16.3. The van der Waals surface area contributed by atoms with Gasteiger partial charge in [-0.3, -0.25) is 0 Å². The fraction of sp³-hybridized carbons (Fsp3) is 0.273. The second-order valence-electron chi connectivity index (χ2n) is 3.36. The maximum atomic E-state index is 9.62. The van der Waals surface area contributed by atoms with E-state index in [-0.39, 0.29) is 6.10 Å². The molecule has 0 aliphatic heterocycles. The molecule has 0 fully saturated rings. The highest BCUT2D eigenvalue weighted by Crippen LogP contribution is 2.17. The van der Waals surface area contributed by atoms with Crippen molar-refractivity contribution in [2.24, 2.45) is 0 Å². The molecule has 0 unspecified atom stereocenters. The lowest BCUT2D eigenvalue weighted by molar-refractivity contribution is 0.173. The van der Waals surface area contributed by atoms with Gasteiger partial charge in [0.1, 0.15) is 12.7 Å². The molecule has 0 saturated carbocycles. The Morgan fingerprint density at radius 1 is 1.33 bits per heavy atom. The summed E-state index contributed by atoms with van der Waals surface area (Å²) in [6.07, 6.45) is 3.48. The molecule has 2 aromatic rings. The molecule has 0 bridgehead atoms. The maximum Gasteiger partial charge on any atom is 0.138 e. The van der Waals surface area contributed by atoms with Gasteiger partial charge in [-0.2, -0.15) is 5.10 Å². The van der Waals surface area contributed by atoms with Crippen molar-refractivity contribution < 1.29 is 5.11 Å². The molecule has 4 nitrogen and oxygen atoms in total. The number of nitrogens with zero attached hydrogens (tertiary/aromatic N) is 3. The molecule has 1 aromatic carbocycles. The summed E-state index contributed by atoms with van der Waals surface area (Å²) in [6.45, 7) is 1.95. The maximum absolute atomic E-state index is 9.62. The largest absolute Gasteiger partial charge is 0.388 e. The zero-order chi connectivity index (χ0) is 10.7. The Morgan fingerprint density at radius 3 is 2.60 bits per heavy atom. The van der Waals surface area contributed by atoms with Crippen molar-refractivity contribution in [3.63, 3.8) is 0 Å². The summed E-state index contributed by atoms with van der Waals surface area (Å²) in [5, 5.41) is 13.6. The van der Waals surface area contributed by atoms with E-state index >= 15 is 0 Å². The molecular weight excluding hydrogens is 190 g/mol. The van der Waals surface area contributed by atoms with Crippen LogP contribution in [0, 0.1) is 0 Å². The minimum absolute atomic E-state index is 0.380. The fourth-order valence-corrected chi connectivity index (χ4v) is 1.43. The summed E-state index contributed by atoms with van der Waals surface area (Å²) in [4.78, 5) is 3.87. The molecule has 0 amide bonds.